The predicted molar refractivity (Wildman–Crippen MR) is 322 cm³/mol. The Balaban J connectivity index is 0.00000376. The minimum atomic E-state index is -4.93. The van der Waals surface area contributed by atoms with Gasteiger partial charge in [-0.05, 0) is 81.2 Å². The van der Waals surface area contributed by atoms with Gasteiger partial charge in [-0.1, -0.05) is 170 Å². The number of fused-ring (bicyclic) bond motifs is 4. The Labute approximate surface area is 514 Å². The van der Waals surface area contributed by atoms with Crippen molar-refractivity contribution in [2.24, 2.45) is 0 Å². The topological polar surface area (TPSA) is 221 Å². The maximum atomic E-state index is 13.1. The zero-order valence-corrected chi connectivity index (χ0v) is 43.3. The summed E-state index contributed by atoms with van der Waals surface area (Å²) in [5.74, 6) is 2.35. The Hall–Kier alpha value is -8.24. The molecular weight excluding hydrogens is 1100 g/mol. The zero-order chi connectivity index (χ0) is 54.8. The van der Waals surface area contributed by atoms with Crippen molar-refractivity contribution in [3.8, 4) is 46.5 Å². The minimum absolute atomic E-state index is 0. The van der Waals surface area contributed by atoms with Crippen LogP contribution in [0.4, 0.5) is 23.3 Å². The van der Waals surface area contributed by atoms with Crippen LogP contribution in [0.3, 0.4) is 0 Å². The Morgan fingerprint density at radius 1 is 0.341 bits per heavy atom. The number of hydrogen-bond donors (Lipinski definition) is 4. The molecule has 2 heterocycles. The fourth-order valence-corrected chi connectivity index (χ4v) is 10.5. The summed E-state index contributed by atoms with van der Waals surface area (Å²) in [6.45, 7) is 0. The molecule has 12 rings (SSSR count). The van der Waals surface area contributed by atoms with Crippen molar-refractivity contribution in [1.29, 1.82) is 0 Å². The third-order valence-corrected chi connectivity index (χ3v) is 14.6. The van der Waals surface area contributed by atoms with Crippen LogP contribution >= 0.6 is 0 Å². The fourth-order valence-electron chi connectivity index (χ4n) is 9.10. The maximum absolute atomic E-state index is 13.1. The van der Waals surface area contributed by atoms with E-state index in [1.165, 1.54) is 48.6 Å². The van der Waals surface area contributed by atoms with Gasteiger partial charge in [-0.2, -0.15) is 36.8 Å². The Morgan fingerprint density at radius 2 is 0.610 bits per heavy atom. The molecule has 20 heteroatoms. The monoisotopic (exact) mass is 1140 g/mol. The Morgan fingerprint density at radius 3 is 0.890 bits per heavy atom. The number of hydrogen-bond acceptors (Lipinski definition) is 14. The van der Waals surface area contributed by atoms with Gasteiger partial charge in [0, 0.05) is 32.9 Å². The van der Waals surface area contributed by atoms with E-state index in [1.54, 1.807) is 24.3 Å². The molecule has 0 aliphatic carbocycles. The summed E-state index contributed by atoms with van der Waals surface area (Å²) in [4.78, 5) is 17.3. The summed E-state index contributed by atoms with van der Waals surface area (Å²) in [5.41, 5.74) is 0.208. The molecular formula is C62H44N6Na2O10S2. The molecule has 82 heavy (non-hydrogen) atoms. The Kier molecular flexibility index (Phi) is 17.0. The average Bonchev–Trinajstić information content (AvgIpc) is 3.48. The van der Waals surface area contributed by atoms with Crippen LogP contribution in [0.1, 0.15) is 11.1 Å². The zero-order valence-electron chi connectivity index (χ0n) is 41.7. The van der Waals surface area contributed by atoms with Crippen molar-refractivity contribution in [3.63, 3.8) is 0 Å². The van der Waals surface area contributed by atoms with Gasteiger partial charge < -0.3 is 29.6 Å². The van der Waals surface area contributed by atoms with Crippen molar-refractivity contribution in [2.75, 3.05) is 10.6 Å². The van der Waals surface area contributed by atoms with Crippen molar-refractivity contribution in [2.45, 2.75) is 9.79 Å². The van der Waals surface area contributed by atoms with Gasteiger partial charge in [0.25, 0.3) is 20.2 Å². The molecule has 0 atom stereocenters. The van der Waals surface area contributed by atoms with Gasteiger partial charge in [0.1, 0.15) is 32.8 Å². The summed E-state index contributed by atoms with van der Waals surface area (Å²) in [6, 6.07) is 64.4. The molecule has 0 fully saturated rings. The van der Waals surface area contributed by atoms with Gasteiger partial charge in [0.2, 0.25) is 35.4 Å². The molecule has 0 saturated carbocycles. The van der Waals surface area contributed by atoms with Crippen LogP contribution in [0, 0.1) is 0 Å². The Bertz CT molecular complexity index is 4160. The second kappa shape index (κ2) is 24.5. The third kappa shape index (κ3) is 12.9. The summed E-state index contributed by atoms with van der Waals surface area (Å²) in [7, 11) is -9.87. The first-order valence-electron chi connectivity index (χ1n) is 24.7. The van der Waals surface area contributed by atoms with Crippen LogP contribution in [0.2, 0.25) is 0 Å². The summed E-state index contributed by atoms with van der Waals surface area (Å²) >= 11 is 0. The first-order chi connectivity index (χ1) is 38.8. The molecule has 0 radical (unpaired) electrons. The quantitative estimate of drug-likeness (QED) is 0.0401. The number of ether oxygens (including phenoxy) is 4. The summed E-state index contributed by atoms with van der Waals surface area (Å²) < 4.78 is 98.8. The van der Waals surface area contributed by atoms with Crippen molar-refractivity contribution in [3.05, 3.63) is 230 Å². The number of nitrogens with one attached hydrogen (secondary N) is 2. The predicted octanol–water partition coefficient (Wildman–Crippen LogP) is 13.9. The molecule has 0 aliphatic rings. The van der Waals surface area contributed by atoms with E-state index in [1.807, 2.05) is 146 Å². The van der Waals surface area contributed by atoms with Crippen molar-refractivity contribution < 1.29 is 44.9 Å². The molecule has 396 valence electrons. The van der Waals surface area contributed by atoms with Crippen LogP contribution in [0.15, 0.2) is 228 Å². The molecule has 12 aromatic rings. The molecule has 0 saturated heterocycles. The molecule has 0 unspecified atom stereocenters. The molecule has 0 amide bonds. The number of benzene rings is 10. The second-order valence-electron chi connectivity index (χ2n) is 18.1. The van der Waals surface area contributed by atoms with Gasteiger partial charge in [-0.25, -0.2) is 0 Å². The third-order valence-electron chi connectivity index (χ3n) is 12.8. The number of rotatable bonds is 16. The molecule has 2 aromatic heterocycles. The summed E-state index contributed by atoms with van der Waals surface area (Å²) in [6.07, 6.45) is 2.56. The van der Waals surface area contributed by atoms with Crippen molar-refractivity contribution >= 4 is 158 Å². The van der Waals surface area contributed by atoms with Gasteiger partial charge in [0.05, 0.1) is 12.1 Å². The number of aromatic nitrogens is 4. The first kappa shape index (κ1) is 57.0. The van der Waals surface area contributed by atoms with E-state index in [0.717, 1.165) is 55.2 Å². The SMILES string of the molecule is O=S(=O)(O)c1cc(Nc2nc(Oc3cccc4ccccc34)cc(Oc3cccc4ccccc34)n2)ccc1C=Cc1ccc(Nc2nc(Oc3cccc4ccccc34)cc(Oc3cccc4ccccc34)n2)cc1S(=O)(=O)O.[NaH].[NaH]. The standard InChI is InChI=1S/C62H42N6O10S2.2Na.2H/c69-79(70,71)55-35-45(63-61-65-57(75-51-25-9-17-39-13-1-5-21-47(39)51)37-58(66-61)76-52-26-10-18-40-14-2-6-22-48(40)52)33-31-43(55)29-30-44-32-34-46(36-56(44)80(72,73)74)64-62-67-59(77-53-27-11-19-41-15-3-7-23-49(41)53)38-60(68-62)78-54-28-12-20-42-16-4-8-24-50(42)54;;;;/h1-38H,(H,63,65,66)(H,64,67,68)(H,69,70,71)(H,72,73,74);;;;. The van der Waals surface area contributed by atoms with E-state index >= 15 is 0 Å². The normalized spacial score (nSPS) is 11.5. The molecule has 16 nitrogen and oxygen atoms in total. The first-order valence-corrected chi connectivity index (χ1v) is 27.6. The summed E-state index contributed by atoms with van der Waals surface area (Å²) in [5, 5.41) is 13.1. The van der Waals surface area contributed by atoms with Crippen LogP contribution in [-0.2, 0) is 20.2 Å². The van der Waals surface area contributed by atoms with Gasteiger partial charge in [-0.3, -0.25) is 9.11 Å². The number of anilines is 4. The van der Waals surface area contributed by atoms with Crippen LogP contribution < -0.4 is 29.6 Å². The average molecular weight is 1140 g/mol. The van der Waals surface area contributed by atoms with E-state index in [2.05, 4.69) is 30.6 Å². The van der Waals surface area contributed by atoms with Crippen LogP contribution in [-0.4, -0.2) is 105 Å². The number of nitrogens with zero attached hydrogens (tertiary/aromatic N) is 4. The molecule has 0 spiro atoms. The van der Waals surface area contributed by atoms with E-state index in [4.69, 9.17) is 18.9 Å². The van der Waals surface area contributed by atoms with Crippen molar-refractivity contribution in [1.82, 2.24) is 19.9 Å². The van der Waals surface area contributed by atoms with E-state index < -0.39 is 30.0 Å². The fraction of sp³-hybridized carbons (Fsp3) is 0. The van der Waals surface area contributed by atoms with Gasteiger partial charge in [0.15, 0.2) is 0 Å². The van der Waals surface area contributed by atoms with Gasteiger partial charge >= 0.3 is 59.1 Å². The van der Waals surface area contributed by atoms with Gasteiger partial charge in [-0.15, -0.1) is 0 Å². The van der Waals surface area contributed by atoms with E-state index in [0.29, 0.717) is 23.0 Å². The second-order valence-corrected chi connectivity index (χ2v) is 20.9. The molecule has 10 aromatic carbocycles. The van der Waals surface area contributed by atoms with Crippen LogP contribution in [0.5, 0.6) is 46.5 Å². The van der Waals surface area contributed by atoms with Crippen LogP contribution in [0.25, 0.3) is 55.2 Å². The molecule has 0 bridgehead atoms. The van der Waals surface area contributed by atoms with E-state index in [9.17, 15) is 25.9 Å². The molecule has 4 N–H and O–H groups in total. The molecule has 0 aliphatic heterocycles. The van der Waals surface area contributed by atoms with E-state index in [-0.39, 0.29) is 117 Å².